The fourth-order valence-electron chi connectivity index (χ4n) is 2.88. The number of carbonyl (C=O) groups excluding carboxylic acids is 1. The zero-order valence-corrected chi connectivity index (χ0v) is 17.6. The summed E-state index contributed by atoms with van der Waals surface area (Å²) >= 11 is 0. The molecule has 2 N–H and O–H groups in total. The van der Waals surface area contributed by atoms with Gasteiger partial charge < -0.3 is 10.2 Å². The third-order valence-electron chi connectivity index (χ3n) is 4.47. The van der Waals surface area contributed by atoms with Crippen LogP contribution in [0.1, 0.15) is 26.3 Å². The molecule has 10 heteroatoms. The predicted molar refractivity (Wildman–Crippen MR) is 110 cm³/mol. The van der Waals surface area contributed by atoms with E-state index in [9.17, 15) is 26.4 Å². The van der Waals surface area contributed by atoms with Gasteiger partial charge in [0.1, 0.15) is 0 Å². The lowest BCUT2D eigenvalue weighted by Crippen LogP contribution is -2.42. The molecule has 0 heterocycles. The van der Waals surface area contributed by atoms with E-state index in [0.29, 0.717) is 11.8 Å². The first kappa shape index (κ1) is 23.7. The number of halogens is 3. The second kappa shape index (κ2) is 9.48. The van der Waals surface area contributed by atoms with Crippen molar-refractivity contribution in [1.29, 1.82) is 0 Å². The third-order valence-corrected chi connectivity index (χ3v) is 6.07. The van der Waals surface area contributed by atoms with Crippen molar-refractivity contribution >= 4 is 27.3 Å². The highest BCUT2D eigenvalue weighted by Crippen LogP contribution is 2.33. The van der Waals surface area contributed by atoms with Crippen LogP contribution in [0.4, 0.5) is 24.5 Å². The lowest BCUT2D eigenvalue weighted by molar-refractivity contribution is -0.139. The maximum atomic E-state index is 13.1. The fourth-order valence-corrected chi connectivity index (χ4v) is 4.31. The number of sulfonamides is 1. The summed E-state index contributed by atoms with van der Waals surface area (Å²) in [5.41, 5.74) is 0.116. The van der Waals surface area contributed by atoms with Gasteiger partial charge in [0.2, 0.25) is 15.9 Å². The van der Waals surface area contributed by atoms with Gasteiger partial charge in [-0.15, -0.1) is 0 Å². The summed E-state index contributed by atoms with van der Waals surface area (Å²) < 4.78 is 66.3. The summed E-state index contributed by atoms with van der Waals surface area (Å²) in [4.78, 5) is 13.5. The van der Waals surface area contributed by atoms with Crippen molar-refractivity contribution in [3.05, 3.63) is 54.1 Å². The van der Waals surface area contributed by atoms with Crippen LogP contribution in [0, 0.1) is 0 Å². The van der Waals surface area contributed by atoms with Gasteiger partial charge in [0, 0.05) is 24.5 Å². The molecule has 0 fully saturated rings. The molecule has 164 valence electrons. The Labute approximate surface area is 174 Å². The number of nitrogens with one attached hydrogen (secondary N) is 2. The van der Waals surface area contributed by atoms with E-state index in [0.717, 1.165) is 30.9 Å². The molecule has 1 amide bonds. The van der Waals surface area contributed by atoms with Gasteiger partial charge in [0.25, 0.3) is 0 Å². The number of hydrogen-bond acceptors (Lipinski definition) is 4. The first-order chi connectivity index (χ1) is 14.0. The minimum Gasteiger partial charge on any atom is -0.372 e. The van der Waals surface area contributed by atoms with Crippen molar-refractivity contribution in [1.82, 2.24) is 4.72 Å². The Bertz CT molecular complexity index is 973. The minimum atomic E-state index is -4.84. The molecule has 0 aliphatic carbocycles. The van der Waals surface area contributed by atoms with Crippen LogP contribution in [0.25, 0.3) is 0 Å². The average Bonchev–Trinajstić information content (AvgIpc) is 2.69. The molecule has 0 saturated carbocycles. The van der Waals surface area contributed by atoms with E-state index in [-0.39, 0.29) is 0 Å². The molecule has 0 aliphatic rings. The zero-order chi connectivity index (χ0) is 22.5. The van der Waals surface area contributed by atoms with E-state index in [1.165, 1.54) is 13.0 Å². The zero-order valence-electron chi connectivity index (χ0n) is 16.8. The van der Waals surface area contributed by atoms with E-state index >= 15 is 0 Å². The van der Waals surface area contributed by atoms with E-state index in [1.54, 1.807) is 12.1 Å². The highest BCUT2D eigenvalue weighted by Gasteiger charge is 2.37. The SMILES string of the molecule is CCN(CC)c1ccc(NC(=O)C(C)NS(=O)(=O)c2ccccc2C(F)(F)F)cc1. The molecule has 2 aromatic rings. The molecule has 0 aromatic heterocycles. The number of carbonyl (C=O) groups is 1. The lowest BCUT2D eigenvalue weighted by Gasteiger charge is -2.21. The summed E-state index contributed by atoms with van der Waals surface area (Å²) in [6.07, 6.45) is -4.84. The Morgan fingerprint density at radius 2 is 1.60 bits per heavy atom. The predicted octanol–water partition coefficient (Wildman–Crippen LogP) is 3.86. The summed E-state index contributed by atoms with van der Waals surface area (Å²) in [6, 6.07) is 9.49. The van der Waals surface area contributed by atoms with Crippen molar-refractivity contribution in [2.75, 3.05) is 23.3 Å². The number of alkyl halides is 3. The number of hydrogen-bond donors (Lipinski definition) is 2. The number of rotatable bonds is 8. The average molecular weight is 443 g/mol. The van der Waals surface area contributed by atoms with Gasteiger partial charge in [-0.2, -0.15) is 17.9 Å². The smallest absolute Gasteiger partial charge is 0.372 e. The molecule has 30 heavy (non-hydrogen) atoms. The molecular weight excluding hydrogens is 419 g/mol. The molecule has 1 unspecified atom stereocenters. The number of amides is 1. The summed E-state index contributed by atoms with van der Waals surface area (Å²) in [6.45, 7) is 6.93. The summed E-state index contributed by atoms with van der Waals surface area (Å²) in [5.74, 6) is -0.696. The second-order valence-corrected chi connectivity index (χ2v) is 8.23. The van der Waals surface area contributed by atoms with Crippen LogP contribution >= 0.6 is 0 Å². The van der Waals surface area contributed by atoms with Crippen LogP contribution in [-0.4, -0.2) is 33.5 Å². The largest absolute Gasteiger partial charge is 0.417 e. The topological polar surface area (TPSA) is 78.5 Å². The van der Waals surface area contributed by atoms with Gasteiger partial charge >= 0.3 is 6.18 Å². The van der Waals surface area contributed by atoms with Gasteiger partial charge in [-0.1, -0.05) is 12.1 Å². The molecule has 0 aliphatic heterocycles. The van der Waals surface area contributed by atoms with Crippen LogP contribution in [0.2, 0.25) is 0 Å². The Hall–Kier alpha value is -2.59. The Morgan fingerprint density at radius 3 is 2.13 bits per heavy atom. The molecule has 0 spiro atoms. The van der Waals surface area contributed by atoms with Gasteiger partial charge in [-0.3, -0.25) is 4.79 Å². The normalized spacial score (nSPS) is 13.0. The minimum absolute atomic E-state index is 0.442. The molecule has 6 nitrogen and oxygen atoms in total. The van der Waals surface area contributed by atoms with Crippen LogP contribution < -0.4 is 14.9 Å². The number of anilines is 2. The maximum absolute atomic E-state index is 13.1. The van der Waals surface area contributed by atoms with Gasteiger partial charge in [0.05, 0.1) is 16.5 Å². The van der Waals surface area contributed by atoms with Crippen molar-refractivity contribution < 1.29 is 26.4 Å². The highest BCUT2D eigenvalue weighted by atomic mass is 32.2. The van der Waals surface area contributed by atoms with E-state index in [4.69, 9.17) is 0 Å². The molecule has 0 radical (unpaired) electrons. The fraction of sp³-hybridized carbons (Fsp3) is 0.350. The number of benzene rings is 2. The first-order valence-corrected chi connectivity index (χ1v) is 10.8. The summed E-state index contributed by atoms with van der Waals surface area (Å²) in [5, 5.41) is 2.56. The Kier molecular flexibility index (Phi) is 7.49. The van der Waals surface area contributed by atoms with Crippen molar-refractivity contribution in [3.63, 3.8) is 0 Å². The standard InChI is InChI=1S/C20H24F3N3O3S/c1-4-26(5-2)16-12-10-15(11-13-16)24-19(27)14(3)25-30(28,29)18-9-7-6-8-17(18)20(21,22)23/h6-14,25H,4-5H2,1-3H3,(H,24,27). The van der Waals surface area contributed by atoms with E-state index in [1.807, 2.05) is 30.7 Å². The maximum Gasteiger partial charge on any atom is 0.417 e. The van der Waals surface area contributed by atoms with Crippen molar-refractivity contribution in [3.8, 4) is 0 Å². The first-order valence-electron chi connectivity index (χ1n) is 9.34. The number of nitrogens with zero attached hydrogens (tertiary/aromatic N) is 1. The van der Waals surface area contributed by atoms with Gasteiger partial charge in [-0.25, -0.2) is 8.42 Å². The van der Waals surface area contributed by atoms with Crippen LogP contribution in [0.3, 0.4) is 0 Å². The van der Waals surface area contributed by atoms with Crippen LogP contribution in [-0.2, 0) is 21.0 Å². The van der Waals surface area contributed by atoms with Crippen molar-refractivity contribution in [2.24, 2.45) is 0 Å². The van der Waals surface area contributed by atoms with Crippen molar-refractivity contribution in [2.45, 2.75) is 37.9 Å². The molecular formula is C20H24F3N3O3S. The Morgan fingerprint density at radius 1 is 1.03 bits per heavy atom. The molecule has 0 bridgehead atoms. The molecule has 1 atom stereocenters. The molecule has 2 aromatic carbocycles. The van der Waals surface area contributed by atoms with Gasteiger partial charge in [0.15, 0.2) is 0 Å². The summed E-state index contributed by atoms with van der Waals surface area (Å²) in [7, 11) is -4.57. The lowest BCUT2D eigenvalue weighted by atomic mass is 10.2. The molecule has 0 saturated heterocycles. The molecule has 2 rings (SSSR count). The van der Waals surface area contributed by atoms with E-state index in [2.05, 4.69) is 10.2 Å². The Balaban J connectivity index is 2.12. The second-order valence-electron chi connectivity index (χ2n) is 6.55. The monoisotopic (exact) mass is 443 g/mol. The highest BCUT2D eigenvalue weighted by molar-refractivity contribution is 7.89. The quantitative estimate of drug-likeness (QED) is 0.650. The van der Waals surface area contributed by atoms with Crippen LogP contribution in [0.5, 0.6) is 0 Å². The third kappa shape index (κ3) is 5.73. The van der Waals surface area contributed by atoms with Gasteiger partial charge in [-0.05, 0) is 57.2 Å². The van der Waals surface area contributed by atoms with E-state index < -0.39 is 38.6 Å². The van der Waals surface area contributed by atoms with Crippen LogP contribution in [0.15, 0.2) is 53.4 Å².